The van der Waals surface area contributed by atoms with E-state index >= 15 is 0 Å². The summed E-state index contributed by atoms with van der Waals surface area (Å²) in [5.41, 5.74) is 1.16. The lowest BCUT2D eigenvalue weighted by Crippen LogP contribution is -2.43. The highest BCUT2D eigenvalue weighted by atomic mass is 127. The van der Waals surface area contributed by atoms with Crippen molar-refractivity contribution in [3.63, 3.8) is 0 Å². The molecule has 0 amide bonds. The minimum atomic E-state index is -2.86. The number of halogens is 1. The van der Waals surface area contributed by atoms with Crippen molar-refractivity contribution in [2.24, 2.45) is 4.99 Å². The first-order valence-corrected chi connectivity index (χ1v) is 8.13. The smallest absolute Gasteiger partial charge is 0.191 e. The third kappa shape index (κ3) is 5.28. The number of aliphatic imine (C=N–C) groups is 1. The maximum absolute atomic E-state index is 11.4. The number of benzene rings is 1. The van der Waals surface area contributed by atoms with E-state index in [-0.39, 0.29) is 41.5 Å². The van der Waals surface area contributed by atoms with Crippen LogP contribution < -0.4 is 10.6 Å². The van der Waals surface area contributed by atoms with E-state index < -0.39 is 9.84 Å². The Balaban J connectivity index is 0.00000200. The molecule has 0 aliphatic carbocycles. The molecule has 1 aliphatic rings. The number of sulfone groups is 1. The number of guanidine groups is 1. The molecule has 0 bridgehead atoms. The SMILES string of the molecule is CN=C(NCc1ccccc1)NC1CCS(=O)(=O)C1.I. The summed E-state index contributed by atoms with van der Waals surface area (Å²) in [7, 11) is -1.18. The van der Waals surface area contributed by atoms with E-state index in [0.29, 0.717) is 18.9 Å². The van der Waals surface area contributed by atoms with E-state index in [1.165, 1.54) is 0 Å². The Kier molecular flexibility index (Phi) is 6.74. The van der Waals surface area contributed by atoms with E-state index in [0.717, 1.165) is 5.56 Å². The van der Waals surface area contributed by atoms with E-state index in [2.05, 4.69) is 15.6 Å². The third-order valence-electron chi connectivity index (χ3n) is 3.10. The van der Waals surface area contributed by atoms with Gasteiger partial charge >= 0.3 is 0 Å². The molecule has 0 spiro atoms. The van der Waals surface area contributed by atoms with E-state index in [1.54, 1.807) is 7.05 Å². The van der Waals surface area contributed by atoms with Gasteiger partial charge in [-0.3, -0.25) is 4.99 Å². The van der Waals surface area contributed by atoms with Crippen LogP contribution in [-0.2, 0) is 16.4 Å². The Morgan fingerprint density at radius 3 is 2.60 bits per heavy atom. The van der Waals surface area contributed by atoms with Crippen LogP contribution in [0.15, 0.2) is 35.3 Å². The van der Waals surface area contributed by atoms with Gasteiger partial charge in [-0.1, -0.05) is 30.3 Å². The molecule has 0 radical (unpaired) electrons. The average molecular weight is 409 g/mol. The second-order valence-corrected chi connectivity index (χ2v) is 6.88. The Morgan fingerprint density at radius 2 is 2.05 bits per heavy atom. The van der Waals surface area contributed by atoms with Crippen molar-refractivity contribution in [1.29, 1.82) is 0 Å². The molecular formula is C13H20IN3O2S. The largest absolute Gasteiger partial charge is 0.353 e. The summed E-state index contributed by atoms with van der Waals surface area (Å²) in [5.74, 6) is 1.10. The molecule has 20 heavy (non-hydrogen) atoms. The molecule has 0 saturated carbocycles. The van der Waals surface area contributed by atoms with E-state index in [1.807, 2.05) is 30.3 Å². The molecule has 1 fully saturated rings. The molecular weight excluding hydrogens is 389 g/mol. The van der Waals surface area contributed by atoms with Crippen molar-refractivity contribution in [3.8, 4) is 0 Å². The van der Waals surface area contributed by atoms with Gasteiger partial charge in [0.2, 0.25) is 0 Å². The minimum absolute atomic E-state index is 0. The molecule has 112 valence electrons. The van der Waals surface area contributed by atoms with Crippen molar-refractivity contribution in [2.45, 2.75) is 19.0 Å². The van der Waals surface area contributed by atoms with Crippen LogP contribution in [0.1, 0.15) is 12.0 Å². The number of hydrogen-bond donors (Lipinski definition) is 2. The fourth-order valence-electron chi connectivity index (χ4n) is 2.08. The van der Waals surface area contributed by atoms with Crippen LogP contribution >= 0.6 is 24.0 Å². The lowest BCUT2D eigenvalue weighted by molar-refractivity contribution is 0.599. The molecule has 1 atom stereocenters. The topological polar surface area (TPSA) is 70.6 Å². The quantitative estimate of drug-likeness (QED) is 0.447. The summed E-state index contributed by atoms with van der Waals surface area (Å²) >= 11 is 0. The van der Waals surface area contributed by atoms with Gasteiger partial charge < -0.3 is 10.6 Å². The number of nitrogens with one attached hydrogen (secondary N) is 2. The highest BCUT2D eigenvalue weighted by molar-refractivity contribution is 14.0. The lowest BCUT2D eigenvalue weighted by Gasteiger charge is -2.16. The highest BCUT2D eigenvalue weighted by Gasteiger charge is 2.28. The summed E-state index contributed by atoms with van der Waals surface area (Å²) < 4.78 is 22.8. The predicted octanol–water partition coefficient (Wildman–Crippen LogP) is 1.16. The predicted molar refractivity (Wildman–Crippen MR) is 92.3 cm³/mol. The Morgan fingerprint density at radius 1 is 1.35 bits per heavy atom. The second-order valence-electron chi connectivity index (χ2n) is 4.66. The van der Waals surface area contributed by atoms with Crippen LogP contribution in [0.25, 0.3) is 0 Å². The fourth-order valence-corrected chi connectivity index (χ4v) is 3.75. The second kappa shape index (κ2) is 7.82. The highest BCUT2D eigenvalue weighted by Crippen LogP contribution is 2.10. The van der Waals surface area contributed by atoms with Gasteiger partial charge in [-0.2, -0.15) is 0 Å². The van der Waals surface area contributed by atoms with Gasteiger partial charge in [0.15, 0.2) is 15.8 Å². The van der Waals surface area contributed by atoms with Crippen LogP contribution in [0, 0.1) is 0 Å². The van der Waals surface area contributed by atoms with Gasteiger partial charge in [-0.05, 0) is 12.0 Å². The van der Waals surface area contributed by atoms with Gasteiger partial charge in [0.1, 0.15) is 0 Å². The number of nitrogens with zero attached hydrogens (tertiary/aromatic N) is 1. The van der Waals surface area contributed by atoms with E-state index in [4.69, 9.17) is 0 Å². The van der Waals surface area contributed by atoms with Gasteiger partial charge in [-0.25, -0.2) is 8.42 Å². The molecule has 5 nitrogen and oxygen atoms in total. The first-order valence-electron chi connectivity index (χ1n) is 6.30. The molecule has 1 saturated heterocycles. The molecule has 2 rings (SSSR count). The zero-order valence-corrected chi connectivity index (χ0v) is 14.5. The van der Waals surface area contributed by atoms with Crippen LogP contribution in [-0.4, -0.2) is 39.0 Å². The van der Waals surface area contributed by atoms with Crippen molar-refractivity contribution in [2.75, 3.05) is 18.6 Å². The Bertz CT molecular complexity index is 546. The van der Waals surface area contributed by atoms with Gasteiger partial charge in [0.05, 0.1) is 11.5 Å². The normalized spacial score (nSPS) is 21.1. The maximum Gasteiger partial charge on any atom is 0.191 e. The summed E-state index contributed by atoms with van der Waals surface area (Å²) in [4.78, 5) is 4.11. The molecule has 0 aromatic heterocycles. The molecule has 2 N–H and O–H groups in total. The first-order chi connectivity index (χ1) is 9.09. The van der Waals surface area contributed by atoms with Gasteiger partial charge in [-0.15, -0.1) is 24.0 Å². The monoisotopic (exact) mass is 409 g/mol. The molecule has 1 aliphatic heterocycles. The van der Waals surface area contributed by atoms with Gasteiger partial charge in [0.25, 0.3) is 0 Å². The van der Waals surface area contributed by atoms with Crippen molar-refractivity contribution in [1.82, 2.24) is 10.6 Å². The molecule has 1 unspecified atom stereocenters. The molecule has 1 heterocycles. The van der Waals surface area contributed by atoms with Crippen molar-refractivity contribution >= 4 is 39.8 Å². The van der Waals surface area contributed by atoms with Crippen LogP contribution in [0.4, 0.5) is 0 Å². The van der Waals surface area contributed by atoms with Crippen LogP contribution in [0.2, 0.25) is 0 Å². The Hall–Kier alpha value is -0.830. The molecule has 1 aromatic rings. The van der Waals surface area contributed by atoms with Crippen LogP contribution in [0.5, 0.6) is 0 Å². The van der Waals surface area contributed by atoms with Crippen molar-refractivity contribution < 1.29 is 8.42 Å². The number of hydrogen-bond acceptors (Lipinski definition) is 3. The summed E-state index contributed by atoms with van der Waals surface area (Å²) in [6, 6.07) is 9.96. The lowest BCUT2D eigenvalue weighted by atomic mass is 10.2. The average Bonchev–Trinajstić information content (AvgIpc) is 2.75. The fraction of sp³-hybridized carbons (Fsp3) is 0.462. The van der Waals surface area contributed by atoms with Crippen molar-refractivity contribution in [3.05, 3.63) is 35.9 Å². The minimum Gasteiger partial charge on any atom is -0.353 e. The molecule has 7 heteroatoms. The van der Waals surface area contributed by atoms with Crippen LogP contribution in [0.3, 0.4) is 0 Å². The first kappa shape index (κ1) is 17.2. The maximum atomic E-state index is 11.4. The zero-order valence-electron chi connectivity index (χ0n) is 11.4. The summed E-state index contributed by atoms with van der Waals surface area (Å²) in [6.45, 7) is 0.667. The summed E-state index contributed by atoms with van der Waals surface area (Å²) in [5, 5.41) is 6.34. The standard InChI is InChI=1S/C13H19N3O2S.HI/c1-14-13(15-9-11-5-3-2-4-6-11)16-12-7-8-19(17,18)10-12;/h2-6,12H,7-10H2,1H3,(H2,14,15,16);1H. The Labute approximate surface area is 137 Å². The molecule has 1 aromatic carbocycles. The third-order valence-corrected chi connectivity index (χ3v) is 4.87. The van der Waals surface area contributed by atoms with Gasteiger partial charge in [0, 0.05) is 19.6 Å². The van der Waals surface area contributed by atoms with E-state index in [9.17, 15) is 8.42 Å². The number of rotatable bonds is 3. The summed E-state index contributed by atoms with van der Waals surface area (Å²) in [6.07, 6.45) is 0.647. The zero-order chi connectivity index (χ0) is 13.7.